The summed E-state index contributed by atoms with van der Waals surface area (Å²) in [7, 11) is 0. The van der Waals surface area contributed by atoms with Crippen LogP contribution in [0.2, 0.25) is 0 Å². The number of amides is 2. The van der Waals surface area contributed by atoms with Crippen LogP contribution in [-0.2, 0) is 12.8 Å². The van der Waals surface area contributed by atoms with Gasteiger partial charge in [-0.25, -0.2) is 14.8 Å². The minimum absolute atomic E-state index is 0.0378. The molecule has 1 saturated heterocycles. The predicted octanol–water partition coefficient (Wildman–Crippen LogP) is 5.30. The zero-order valence-corrected chi connectivity index (χ0v) is 20.8. The number of hydrogen-bond acceptors (Lipinski definition) is 4. The summed E-state index contributed by atoms with van der Waals surface area (Å²) in [5.41, 5.74) is 6.78. The molecule has 34 heavy (non-hydrogen) atoms. The summed E-state index contributed by atoms with van der Waals surface area (Å²) in [6, 6.07) is 16.6. The van der Waals surface area contributed by atoms with E-state index >= 15 is 0 Å². The van der Waals surface area contributed by atoms with E-state index in [1.54, 1.807) is 0 Å². The van der Waals surface area contributed by atoms with Gasteiger partial charge in [0.05, 0.1) is 0 Å². The molecule has 1 N–H and O–H groups in total. The van der Waals surface area contributed by atoms with E-state index in [0.29, 0.717) is 6.54 Å². The molecule has 2 amide bonds. The van der Waals surface area contributed by atoms with Crippen molar-refractivity contribution >= 4 is 17.5 Å². The third kappa shape index (κ3) is 5.56. The number of rotatable bonds is 5. The molecule has 0 bridgehead atoms. The first-order valence-electron chi connectivity index (χ1n) is 12.2. The fourth-order valence-corrected chi connectivity index (χ4v) is 4.52. The minimum Gasteiger partial charge on any atom is -0.354 e. The summed E-state index contributed by atoms with van der Waals surface area (Å²) in [4.78, 5) is 26.9. The van der Waals surface area contributed by atoms with E-state index < -0.39 is 0 Å². The minimum atomic E-state index is -0.0378. The van der Waals surface area contributed by atoms with Gasteiger partial charge in [0.2, 0.25) is 0 Å². The second-order valence-corrected chi connectivity index (χ2v) is 9.11. The van der Waals surface area contributed by atoms with Gasteiger partial charge in [-0.3, -0.25) is 0 Å². The van der Waals surface area contributed by atoms with Crippen molar-refractivity contribution in [2.24, 2.45) is 0 Å². The second-order valence-electron chi connectivity index (χ2n) is 9.11. The van der Waals surface area contributed by atoms with Crippen LogP contribution in [0, 0.1) is 20.8 Å². The molecule has 0 saturated carbocycles. The highest BCUT2D eigenvalue weighted by atomic mass is 16.2. The molecule has 0 aliphatic carbocycles. The van der Waals surface area contributed by atoms with E-state index in [1.807, 2.05) is 43.0 Å². The van der Waals surface area contributed by atoms with Crippen molar-refractivity contribution < 1.29 is 4.79 Å². The largest absolute Gasteiger partial charge is 0.354 e. The molecule has 6 heteroatoms. The summed E-state index contributed by atoms with van der Waals surface area (Å²) >= 11 is 0. The lowest BCUT2D eigenvalue weighted by atomic mass is 10.0. The van der Waals surface area contributed by atoms with Crippen molar-refractivity contribution in [1.29, 1.82) is 0 Å². The molecule has 1 aliphatic rings. The summed E-state index contributed by atoms with van der Waals surface area (Å²) in [5.74, 6) is 1.82. The molecule has 0 atom stereocenters. The number of hydrogen-bond donors (Lipinski definition) is 1. The van der Waals surface area contributed by atoms with Crippen molar-refractivity contribution in [1.82, 2.24) is 14.9 Å². The highest BCUT2D eigenvalue weighted by Gasteiger charge is 2.24. The number of aromatic nitrogens is 2. The third-order valence-corrected chi connectivity index (χ3v) is 6.49. The van der Waals surface area contributed by atoms with Gasteiger partial charge < -0.3 is 15.1 Å². The summed E-state index contributed by atoms with van der Waals surface area (Å²) < 4.78 is 0. The molecule has 6 nitrogen and oxygen atoms in total. The number of anilines is 2. The molecule has 0 unspecified atom stereocenters. The number of aryl methyl sites for hydroxylation is 4. The van der Waals surface area contributed by atoms with Gasteiger partial charge in [0.25, 0.3) is 0 Å². The maximum Gasteiger partial charge on any atom is 0.321 e. The Morgan fingerprint density at radius 1 is 0.941 bits per heavy atom. The lowest BCUT2D eigenvalue weighted by Gasteiger charge is -2.26. The lowest BCUT2D eigenvalue weighted by Crippen LogP contribution is -2.38. The maximum absolute atomic E-state index is 13.0. The summed E-state index contributed by atoms with van der Waals surface area (Å²) in [6.07, 6.45) is 2.58. The molecular weight excluding hydrogens is 422 g/mol. The molecule has 0 spiro atoms. The zero-order valence-electron chi connectivity index (χ0n) is 20.8. The van der Waals surface area contributed by atoms with Gasteiger partial charge in [-0.15, -0.1) is 0 Å². The van der Waals surface area contributed by atoms with Crippen LogP contribution in [0.5, 0.6) is 0 Å². The van der Waals surface area contributed by atoms with Crippen LogP contribution in [0.25, 0.3) is 0 Å². The molecule has 1 fully saturated rings. The molecule has 4 rings (SSSR count). The highest BCUT2D eigenvalue weighted by Crippen LogP contribution is 2.26. The van der Waals surface area contributed by atoms with Gasteiger partial charge in [0.1, 0.15) is 11.6 Å². The maximum atomic E-state index is 13.0. The first-order valence-corrected chi connectivity index (χ1v) is 12.2. The van der Waals surface area contributed by atoms with Crippen LogP contribution in [0.15, 0.2) is 48.5 Å². The van der Waals surface area contributed by atoms with Crippen molar-refractivity contribution in [3.05, 3.63) is 82.3 Å². The molecule has 1 aromatic heterocycles. The van der Waals surface area contributed by atoms with Crippen LogP contribution < -0.4 is 10.2 Å². The molecule has 1 aliphatic heterocycles. The average molecular weight is 458 g/mol. The highest BCUT2D eigenvalue weighted by molar-refractivity contribution is 5.90. The number of carbonyl (C=O) groups is 1. The number of nitrogens with zero attached hydrogens (tertiary/aromatic N) is 4. The molecule has 0 radical (unpaired) electrons. The van der Waals surface area contributed by atoms with Gasteiger partial charge in [0, 0.05) is 49.5 Å². The quantitative estimate of drug-likeness (QED) is 0.565. The van der Waals surface area contributed by atoms with E-state index in [2.05, 4.69) is 48.3 Å². The van der Waals surface area contributed by atoms with Crippen molar-refractivity contribution in [3.8, 4) is 0 Å². The van der Waals surface area contributed by atoms with Crippen molar-refractivity contribution in [3.63, 3.8) is 0 Å². The van der Waals surface area contributed by atoms with Crippen LogP contribution in [0.1, 0.15) is 47.1 Å². The Morgan fingerprint density at radius 2 is 1.71 bits per heavy atom. The van der Waals surface area contributed by atoms with E-state index in [-0.39, 0.29) is 6.03 Å². The van der Waals surface area contributed by atoms with Gasteiger partial charge in [-0.05, 0) is 50.8 Å². The fraction of sp³-hybridized carbons (Fsp3) is 0.393. The van der Waals surface area contributed by atoms with E-state index in [9.17, 15) is 4.79 Å². The Labute approximate surface area is 203 Å². The molecular formula is C28H35N5O. The van der Waals surface area contributed by atoms with Crippen molar-refractivity contribution in [2.45, 2.75) is 47.0 Å². The Hall–Kier alpha value is -3.41. The zero-order chi connectivity index (χ0) is 24.1. The number of nitrogens with one attached hydrogen (secondary N) is 1. The van der Waals surface area contributed by atoms with Crippen LogP contribution in [-0.4, -0.2) is 47.1 Å². The molecule has 2 heterocycles. The van der Waals surface area contributed by atoms with Gasteiger partial charge >= 0.3 is 6.03 Å². The fourth-order valence-electron chi connectivity index (χ4n) is 4.52. The van der Waals surface area contributed by atoms with E-state index in [0.717, 1.165) is 67.5 Å². The van der Waals surface area contributed by atoms with Crippen LogP contribution in [0.4, 0.5) is 16.3 Å². The van der Waals surface area contributed by atoms with E-state index in [4.69, 9.17) is 9.97 Å². The number of urea groups is 1. The van der Waals surface area contributed by atoms with Gasteiger partial charge in [-0.1, -0.05) is 55.0 Å². The first-order chi connectivity index (χ1) is 16.4. The average Bonchev–Trinajstić information content (AvgIpc) is 3.09. The SMILES string of the molecule is CCc1nc(C)nc(N2CCCN(C(=O)Nc3ccccc3C)CC2)c1Cc1ccc(C)cc1. The van der Waals surface area contributed by atoms with Gasteiger partial charge in [0.15, 0.2) is 0 Å². The second kappa shape index (κ2) is 10.7. The Balaban J connectivity index is 1.53. The Kier molecular flexibility index (Phi) is 7.46. The number of para-hydroxylation sites is 1. The predicted molar refractivity (Wildman–Crippen MR) is 139 cm³/mol. The first kappa shape index (κ1) is 23.7. The normalized spacial score (nSPS) is 14.1. The topological polar surface area (TPSA) is 61.4 Å². The monoisotopic (exact) mass is 457 g/mol. The molecule has 178 valence electrons. The molecule has 3 aromatic rings. The van der Waals surface area contributed by atoms with Crippen LogP contribution in [0.3, 0.4) is 0 Å². The van der Waals surface area contributed by atoms with E-state index in [1.165, 1.54) is 16.7 Å². The summed E-state index contributed by atoms with van der Waals surface area (Å²) in [5, 5.41) is 3.08. The van der Waals surface area contributed by atoms with Crippen LogP contribution >= 0.6 is 0 Å². The molecule has 2 aromatic carbocycles. The Bertz CT molecular complexity index is 1140. The van der Waals surface area contributed by atoms with Crippen molar-refractivity contribution in [2.75, 3.05) is 36.4 Å². The lowest BCUT2D eigenvalue weighted by molar-refractivity contribution is 0.215. The number of benzene rings is 2. The Morgan fingerprint density at radius 3 is 2.44 bits per heavy atom. The standard InChI is InChI=1S/C28H35N5O/c1-5-25-24(19-23-13-11-20(2)12-14-23)27(30-22(4)29-25)32-15-8-16-33(18-17-32)28(34)31-26-10-7-6-9-21(26)3/h6-7,9-14H,5,8,15-19H2,1-4H3,(H,31,34). The number of carbonyl (C=O) groups excluding carboxylic acids is 1. The smallest absolute Gasteiger partial charge is 0.321 e. The van der Waals surface area contributed by atoms with Gasteiger partial charge in [-0.2, -0.15) is 0 Å². The summed E-state index contributed by atoms with van der Waals surface area (Å²) in [6.45, 7) is 11.3. The third-order valence-electron chi connectivity index (χ3n) is 6.49.